The van der Waals surface area contributed by atoms with Crippen LogP contribution in [0.1, 0.15) is 39.5 Å². The molecule has 0 atom stereocenters. The predicted molar refractivity (Wildman–Crippen MR) is 72.6 cm³/mol. The van der Waals surface area contributed by atoms with Crippen LogP contribution in [0.2, 0.25) is 0 Å². The van der Waals surface area contributed by atoms with Crippen molar-refractivity contribution in [3.05, 3.63) is 24.8 Å². The molecule has 0 aliphatic heterocycles. The molecule has 17 heavy (non-hydrogen) atoms. The van der Waals surface area contributed by atoms with Gasteiger partial charge in [0.2, 0.25) is 0 Å². The second-order valence-corrected chi connectivity index (χ2v) is 3.64. The average molecular weight is 236 g/mol. The van der Waals surface area contributed by atoms with Crippen LogP contribution in [0.15, 0.2) is 24.8 Å². The fourth-order valence-electron chi connectivity index (χ4n) is 1.19. The summed E-state index contributed by atoms with van der Waals surface area (Å²) >= 11 is 0. The second kappa shape index (κ2) is 13.0. The van der Waals surface area contributed by atoms with Gasteiger partial charge in [0.25, 0.3) is 0 Å². The summed E-state index contributed by atoms with van der Waals surface area (Å²) in [6.07, 6.45) is 9.23. The molecule has 0 heterocycles. The van der Waals surface area contributed by atoms with Crippen molar-refractivity contribution in [1.29, 1.82) is 0 Å². The molecule has 0 rings (SSSR count). The van der Waals surface area contributed by atoms with Crippen LogP contribution in [0.4, 0.5) is 0 Å². The minimum atomic E-state index is -0.0769. The van der Waals surface area contributed by atoms with Crippen LogP contribution in [-0.2, 0) is 9.47 Å². The van der Waals surface area contributed by atoms with Crippen molar-refractivity contribution < 1.29 is 9.47 Å². The Bertz CT molecular complexity index is 250. The maximum atomic E-state index is 5.61. The molecule has 0 aliphatic carbocycles. The van der Waals surface area contributed by atoms with E-state index in [0.717, 1.165) is 38.9 Å². The Labute approximate surface area is 106 Å². The highest BCUT2D eigenvalue weighted by atomic mass is 16.7. The molecule has 0 aromatic heterocycles. The predicted octanol–water partition coefficient (Wildman–Crippen LogP) is 3.69. The van der Waals surface area contributed by atoms with E-state index in [0.29, 0.717) is 0 Å². The fraction of sp³-hybridized carbons (Fsp3) is 0.600. The molecule has 0 aromatic rings. The SMILES string of the molecule is C=CC#C/C=C/CCC(OCCC)OCCC. The van der Waals surface area contributed by atoms with Gasteiger partial charge in [-0.15, -0.1) is 0 Å². The largest absolute Gasteiger partial charge is 0.353 e. The third-order valence-electron chi connectivity index (χ3n) is 1.97. The molecule has 96 valence electrons. The van der Waals surface area contributed by atoms with Gasteiger partial charge in [0, 0.05) is 19.6 Å². The van der Waals surface area contributed by atoms with Crippen molar-refractivity contribution in [3.63, 3.8) is 0 Å². The maximum absolute atomic E-state index is 5.61. The second-order valence-electron chi connectivity index (χ2n) is 3.64. The summed E-state index contributed by atoms with van der Waals surface area (Å²) in [6.45, 7) is 9.24. The van der Waals surface area contributed by atoms with E-state index in [2.05, 4.69) is 32.3 Å². The van der Waals surface area contributed by atoms with Crippen molar-refractivity contribution in [1.82, 2.24) is 0 Å². The van der Waals surface area contributed by atoms with E-state index in [1.807, 2.05) is 12.2 Å². The molecule has 0 bridgehead atoms. The summed E-state index contributed by atoms with van der Waals surface area (Å²) in [6, 6.07) is 0. The molecule has 0 radical (unpaired) electrons. The Kier molecular flexibility index (Phi) is 12.2. The van der Waals surface area contributed by atoms with Gasteiger partial charge >= 0.3 is 0 Å². The lowest BCUT2D eigenvalue weighted by Gasteiger charge is -2.17. The minimum Gasteiger partial charge on any atom is -0.353 e. The van der Waals surface area contributed by atoms with Crippen molar-refractivity contribution in [2.75, 3.05) is 13.2 Å². The highest BCUT2D eigenvalue weighted by molar-refractivity contribution is 5.21. The van der Waals surface area contributed by atoms with E-state index in [4.69, 9.17) is 9.47 Å². The highest BCUT2D eigenvalue weighted by Gasteiger charge is 2.06. The third kappa shape index (κ3) is 11.2. The molecule has 0 fully saturated rings. The molecule has 0 unspecified atom stereocenters. The van der Waals surface area contributed by atoms with Crippen LogP contribution in [0.3, 0.4) is 0 Å². The first-order chi connectivity index (χ1) is 8.35. The Hall–Kier alpha value is -1.04. The summed E-state index contributed by atoms with van der Waals surface area (Å²) < 4.78 is 11.2. The van der Waals surface area contributed by atoms with Crippen LogP contribution >= 0.6 is 0 Å². The molecule has 2 heteroatoms. The van der Waals surface area contributed by atoms with E-state index < -0.39 is 0 Å². The Morgan fingerprint density at radius 1 is 1.12 bits per heavy atom. The fourth-order valence-corrected chi connectivity index (χ4v) is 1.19. The van der Waals surface area contributed by atoms with E-state index in [1.165, 1.54) is 0 Å². The van der Waals surface area contributed by atoms with Crippen molar-refractivity contribution >= 4 is 0 Å². The molecule has 0 spiro atoms. The van der Waals surface area contributed by atoms with Gasteiger partial charge in [-0.2, -0.15) is 0 Å². The topological polar surface area (TPSA) is 18.5 Å². The molecule has 0 amide bonds. The lowest BCUT2D eigenvalue weighted by Crippen LogP contribution is -2.18. The van der Waals surface area contributed by atoms with Gasteiger partial charge in [-0.1, -0.05) is 38.3 Å². The van der Waals surface area contributed by atoms with Gasteiger partial charge in [-0.05, 0) is 31.4 Å². The Morgan fingerprint density at radius 2 is 1.76 bits per heavy atom. The molecule has 2 nitrogen and oxygen atoms in total. The van der Waals surface area contributed by atoms with Gasteiger partial charge in [0.15, 0.2) is 6.29 Å². The van der Waals surface area contributed by atoms with E-state index in [9.17, 15) is 0 Å². The minimum absolute atomic E-state index is 0.0769. The monoisotopic (exact) mass is 236 g/mol. The van der Waals surface area contributed by atoms with E-state index >= 15 is 0 Å². The molecule has 0 saturated carbocycles. The number of hydrogen-bond donors (Lipinski definition) is 0. The average Bonchev–Trinajstić information content (AvgIpc) is 2.35. The van der Waals surface area contributed by atoms with E-state index in [1.54, 1.807) is 6.08 Å². The Morgan fingerprint density at radius 3 is 2.29 bits per heavy atom. The van der Waals surface area contributed by atoms with Crippen LogP contribution in [0, 0.1) is 11.8 Å². The third-order valence-corrected chi connectivity index (χ3v) is 1.97. The number of hydrogen-bond acceptors (Lipinski definition) is 2. The molecular weight excluding hydrogens is 212 g/mol. The first-order valence-electron chi connectivity index (χ1n) is 6.35. The van der Waals surface area contributed by atoms with Crippen LogP contribution in [0.5, 0.6) is 0 Å². The normalized spacial score (nSPS) is 10.5. The van der Waals surface area contributed by atoms with Crippen LogP contribution in [0.25, 0.3) is 0 Å². The van der Waals surface area contributed by atoms with Crippen molar-refractivity contribution in [2.24, 2.45) is 0 Å². The maximum Gasteiger partial charge on any atom is 0.157 e. The first-order valence-corrected chi connectivity index (χ1v) is 6.35. The van der Waals surface area contributed by atoms with Gasteiger partial charge in [0.05, 0.1) is 0 Å². The molecule has 0 aromatic carbocycles. The lowest BCUT2D eigenvalue weighted by atomic mass is 10.3. The summed E-state index contributed by atoms with van der Waals surface area (Å²) in [7, 11) is 0. The molecule has 0 aliphatic rings. The summed E-state index contributed by atoms with van der Waals surface area (Å²) in [5.41, 5.74) is 0. The smallest absolute Gasteiger partial charge is 0.157 e. The summed E-state index contributed by atoms with van der Waals surface area (Å²) in [5.74, 6) is 5.63. The molecular formula is C15H24O2. The molecule has 0 N–H and O–H groups in total. The zero-order chi connectivity index (χ0) is 12.8. The number of allylic oxidation sites excluding steroid dienone is 3. The van der Waals surface area contributed by atoms with Gasteiger partial charge in [0.1, 0.15) is 0 Å². The van der Waals surface area contributed by atoms with Gasteiger partial charge in [-0.25, -0.2) is 0 Å². The summed E-state index contributed by atoms with van der Waals surface area (Å²) in [4.78, 5) is 0. The quantitative estimate of drug-likeness (QED) is 0.449. The van der Waals surface area contributed by atoms with Gasteiger partial charge in [-0.3, -0.25) is 0 Å². The highest BCUT2D eigenvalue weighted by Crippen LogP contribution is 2.06. The summed E-state index contributed by atoms with van der Waals surface area (Å²) in [5, 5.41) is 0. The first kappa shape index (κ1) is 16.0. The zero-order valence-electron chi connectivity index (χ0n) is 11.1. The van der Waals surface area contributed by atoms with Crippen molar-refractivity contribution in [2.45, 2.75) is 45.8 Å². The molecule has 0 saturated heterocycles. The number of rotatable bonds is 9. The Balaban J connectivity index is 3.80. The standard InChI is InChI=1S/C15H24O2/c1-4-7-8-9-10-11-12-15(16-13-5-2)17-14-6-3/h4,9-10,15H,1,5-6,11-14H2,2-3H3/b10-9+. The van der Waals surface area contributed by atoms with Crippen LogP contribution in [-0.4, -0.2) is 19.5 Å². The zero-order valence-corrected chi connectivity index (χ0v) is 11.1. The van der Waals surface area contributed by atoms with Crippen molar-refractivity contribution in [3.8, 4) is 11.8 Å². The number of ether oxygens (including phenoxy) is 2. The lowest BCUT2D eigenvalue weighted by molar-refractivity contribution is -0.145. The van der Waals surface area contributed by atoms with Crippen LogP contribution < -0.4 is 0 Å². The van der Waals surface area contributed by atoms with Gasteiger partial charge < -0.3 is 9.47 Å². The van der Waals surface area contributed by atoms with E-state index in [-0.39, 0.29) is 6.29 Å².